The molecule has 0 aliphatic rings. The van der Waals surface area contributed by atoms with E-state index in [0.29, 0.717) is 25.1 Å². The normalized spacial score (nSPS) is 11.5. The van der Waals surface area contributed by atoms with Crippen molar-refractivity contribution in [3.05, 3.63) is 24.2 Å². The van der Waals surface area contributed by atoms with Crippen molar-refractivity contribution < 1.29 is 14.3 Å². The largest absolute Gasteiger partial charge is 0.469 e. The van der Waals surface area contributed by atoms with Crippen LogP contribution in [-0.4, -0.2) is 34.7 Å². The fourth-order valence-electron chi connectivity index (χ4n) is 1.36. The smallest absolute Gasteiger partial charge is 0.220 e. The Morgan fingerprint density at radius 1 is 1.56 bits per heavy atom. The van der Waals surface area contributed by atoms with Crippen molar-refractivity contribution >= 4 is 17.7 Å². The lowest BCUT2D eigenvalue weighted by Gasteiger charge is -2.16. The first-order valence-corrected chi connectivity index (χ1v) is 7.22. The molecule has 0 saturated carbocycles. The molecule has 0 radical (unpaired) electrons. The summed E-state index contributed by atoms with van der Waals surface area (Å²) in [6.07, 6.45) is 2.69. The van der Waals surface area contributed by atoms with Crippen LogP contribution in [0.1, 0.15) is 26.0 Å². The highest BCUT2D eigenvalue weighted by Crippen LogP contribution is 2.11. The molecule has 0 spiro atoms. The van der Waals surface area contributed by atoms with E-state index < -0.39 is 5.60 Å². The number of furan rings is 1. The highest BCUT2D eigenvalue weighted by molar-refractivity contribution is 7.99. The molecule has 0 fully saturated rings. The molecule has 18 heavy (non-hydrogen) atoms. The van der Waals surface area contributed by atoms with Gasteiger partial charge in [-0.15, -0.1) is 0 Å². The molecule has 0 aliphatic heterocycles. The van der Waals surface area contributed by atoms with E-state index in [0.717, 1.165) is 11.5 Å². The van der Waals surface area contributed by atoms with Gasteiger partial charge in [-0.3, -0.25) is 4.79 Å². The summed E-state index contributed by atoms with van der Waals surface area (Å²) in [5.74, 6) is 2.36. The molecule has 0 aliphatic carbocycles. The Hall–Kier alpha value is -0.940. The van der Waals surface area contributed by atoms with Crippen LogP contribution < -0.4 is 5.32 Å². The molecule has 5 heteroatoms. The Labute approximate surface area is 112 Å². The van der Waals surface area contributed by atoms with Gasteiger partial charge in [0, 0.05) is 30.9 Å². The minimum Gasteiger partial charge on any atom is -0.469 e. The van der Waals surface area contributed by atoms with Gasteiger partial charge in [0.1, 0.15) is 5.76 Å². The molecular weight excluding hydrogens is 250 g/mol. The average Bonchev–Trinajstić information content (AvgIpc) is 2.77. The van der Waals surface area contributed by atoms with Crippen molar-refractivity contribution in [1.82, 2.24) is 5.32 Å². The number of amides is 1. The van der Waals surface area contributed by atoms with Gasteiger partial charge >= 0.3 is 0 Å². The lowest BCUT2D eigenvalue weighted by atomic mass is 10.2. The SMILES string of the molecule is CC(C)(O)CSCCNC(=O)CCc1ccco1. The molecule has 0 aromatic carbocycles. The second-order valence-corrected chi connectivity index (χ2v) is 5.90. The molecule has 1 rings (SSSR count). The lowest BCUT2D eigenvalue weighted by Crippen LogP contribution is -2.27. The van der Waals surface area contributed by atoms with Crippen molar-refractivity contribution in [2.75, 3.05) is 18.1 Å². The van der Waals surface area contributed by atoms with E-state index in [1.54, 1.807) is 31.9 Å². The maximum absolute atomic E-state index is 11.5. The van der Waals surface area contributed by atoms with E-state index in [4.69, 9.17) is 4.42 Å². The summed E-state index contributed by atoms with van der Waals surface area (Å²) in [5, 5.41) is 12.3. The summed E-state index contributed by atoms with van der Waals surface area (Å²) in [4.78, 5) is 11.5. The third kappa shape index (κ3) is 7.40. The number of thioether (sulfide) groups is 1. The topological polar surface area (TPSA) is 62.5 Å². The molecule has 4 nitrogen and oxygen atoms in total. The average molecular weight is 271 g/mol. The summed E-state index contributed by atoms with van der Waals surface area (Å²) in [6, 6.07) is 3.69. The van der Waals surface area contributed by atoms with E-state index in [1.807, 2.05) is 12.1 Å². The van der Waals surface area contributed by atoms with E-state index in [9.17, 15) is 9.90 Å². The van der Waals surface area contributed by atoms with Crippen LogP contribution in [-0.2, 0) is 11.2 Å². The van der Waals surface area contributed by atoms with Gasteiger partial charge in [0.2, 0.25) is 5.91 Å². The molecule has 1 aromatic heterocycles. The first kappa shape index (κ1) is 15.1. The Kier molecular flexibility index (Phi) is 6.29. The minimum atomic E-state index is -0.645. The molecular formula is C13H21NO3S. The summed E-state index contributed by atoms with van der Waals surface area (Å²) in [7, 11) is 0. The van der Waals surface area contributed by atoms with Gasteiger partial charge in [0.25, 0.3) is 0 Å². The van der Waals surface area contributed by atoms with E-state index in [1.165, 1.54) is 0 Å². The van der Waals surface area contributed by atoms with Crippen LogP contribution in [0.2, 0.25) is 0 Å². The van der Waals surface area contributed by atoms with Crippen molar-refractivity contribution in [1.29, 1.82) is 0 Å². The van der Waals surface area contributed by atoms with Gasteiger partial charge in [-0.1, -0.05) is 0 Å². The van der Waals surface area contributed by atoms with Crippen molar-refractivity contribution in [2.24, 2.45) is 0 Å². The molecule has 0 atom stereocenters. The van der Waals surface area contributed by atoms with E-state index in [-0.39, 0.29) is 5.91 Å². The zero-order valence-electron chi connectivity index (χ0n) is 10.9. The highest BCUT2D eigenvalue weighted by atomic mass is 32.2. The molecule has 102 valence electrons. The standard InChI is InChI=1S/C13H21NO3S/c1-13(2,16)10-18-9-7-14-12(15)6-5-11-4-3-8-17-11/h3-4,8,16H,5-7,9-10H2,1-2H3,(H,14,15). The molecule has 1 heterocycles. The third-order valence-electron chi connectivity index (χ3n) is 2.20. The second kappa shape index (κ2) is 7.48. The number of hydrogen-bond donors (Lipinski definition) is 2. The van der Waals surface area contributed by atoms with Crippen LogP contribution in [0, 0.1) is 0 Å². The molecule has 0 saturated heterocycles. The third-order valence-corrected chi connectivity index (χ3v) is 3.61. The number of aryl methyl sites for hydroxylation is 1. The number of carbonyl (C=O) groups is 1. The van der Waals surface area contributed by atoms with Crippen LogP contribution in [0.3, 0.4) is 0 Å². The predicted molar refractivity (Wildman–Crippen MR) is 73.7 cm³/mol. The molecule has 0 bridgehead atoms. The fraction of sp³-hybridized carbons (Fsp3) is 0.615. The lowest BCUT2D eigenvalue weighted by molar-refractivity contribution is -0.121. The highest BCUT2D eigenvalue weighted by Gasteiger charge is 2.11. The van der Waals surface area contributed by atoms with E-state index in [2.05, 4.69) is 5.32 Å². The number of carbonyl (C=O) groups excluding carboxylic acids is 1. The number of nitrogens with one attached hydrogen (secondary N) is 1. The summed E-state index contributed by atoms with van der Waals surface area (Å²) in [5.41, 5.74) is -0.645. The van der Waals surface area contributed by atoms with Gasteiger partial charge < -0.3 is 14.8 Å². The van der Waals surface area contributed by atoms with Crippen LogP contribution in [0.15, 0.2) is 22.8 Å². The first-order valence-electron chi connectivity index (χ1n) is 6.06. The van der Waals surface area contributed by atoms with Crippen molar-refractivity contribution in [2.45, 2.75) is 32.3 Å². The van der Waals surface area contributed by atoms with Gasteiger partial charge in [-0.25, -0.2) is 0 Å². The number of aliphatic hydroxyl groups is 1. The van der Waals surface area contributed by atoms with Crippen LogP contribution in [0.25, 0.3) is 0 Å². The van der Waals surface area contributed by atoms with Crippen LogP contribution in [0.5, 0.6) is 0 Å². The maximum atomic E-state index is 11.5. The molecule has 0 unspecified atom stereocenters. The number of rotatable bonds is 8. The maximum Gasteiger partial charge on any atom is 0.220 e. The Morgan fingerprint density at radius 3 is 2.94 bits per heavy atom. The van der Waals surface area contributed by atoms with Crippen molar-refractivity contribution in [3.63, 3.8) is 0 Å². The zero-order chi connectivity index (χ0) is 13.4. The monoisotopic (exact) mass is 271 g/mol. The molecule has 1 amide bonds. The Morgan fingerprint density at radius 2 is 2.33 bits per heavy atom. The predicted octanol–water partition coefficient (Wildman–Crippen LogP) is 1.83. The number of hydrogen-bond acceptors (Lipinski definition) is 4. The van der Waals surface area contributed by atoms with Crippen LogP contribution >= 0.6 is 11.8 Å². The Bertz CT molecular complexity index is 344. The minimum absolute atomic E-state index is 0.0373. The quantitative estimate of drug-likeness (QED) is 0.708. The van der Waals surface area contributed by atoms with Crippen LogP contribution in [0.4, 0.5) is 0 Å². The first-order chi connectivity index (χ1) is 8.47. The summed E-state index contributed by atoms with van der Waals surface area (Å²) >= 11 is 1.63. The van der Waals surface area contributed by atoms with Gasteiger partial charge in [0.05, 0.1) is 11.9 Å². The van der Waals surface area contributed by atoms with Gasteiger partial charge in [-0.2, -0.15) is 11.8 Å². The summed E-state index contributed by atoms with van der Waals surface area (Å²) in [6.45, 7) is 4.20. The van der Waals surface area contributed by atoms with E-state index >= 15 is 0 Å². The van der Waals surface area contributed by atoms with Gasteiger partial charge in [0.15, 0.2) is 0 Å². The second-order valence-electron chi connectivity index (χ2n) is 4.79. The van der Waals surface area contributed by atoms with Gasteiger partial charge in [-0.05, 0) is 26.0 Å². The van der Waals surface area contributed by atoms with Crippen molar-refractivity contribution in [3.8, 4) is 0 Å². The fourth-order valence-corrected chi connectivity index (χ4v) is 2.25. The molecule has 2 N–H and O–H groups in total. The molecule has 1 aromatic rings. The Balaban J connectivity index is 2.00. The zero-order valence-corrected chi connectivity index (χ0v) is 11.8. The summed E-state index contributed by atoms with van der Waals surface area (Å²) < 4.78 is 5.15.